The van der Waals surface area contributed by atoms with Gasteiger partial charge in [-0.15, -0.1) is 0 Å². The Kier molecular flexibility index (Phi) is 4.46. The van der Waals surface area contributed by atoms with Crippen molar-refractivity contribution in [2.75, 3.05) is 0 Å². The maximum Gasteiger partial charge on any atom is 0.270 e. The van der Waals surface area contributed by atoms with Crippen molar-refractivity contribution in [1.29, 1.82) is 0 Å². The van der Waals surface area contributed by atoms with E-state index in [1.807, 2.05) is 0 Å². The Hall–Kier alpha value is -1.79. The monoisotopic (exact) mass is 313 g/mol. The molecule has 104 valence electrons. The molecule has 4 nitrogen and oxygen atoms in total. The quantitative estimate of drug-likeness (QED) is 0.639. The van der Waals surface area contributed by atoms with Gasteiger partial charge in [-0.3, -0.25) is 14.3 Å². The van der Waals surface area contributed by atoms with Gasteiger partial charge in [-0.1, -0.05) is 23.7 Å². The second-order valence-electron chi connectivity index (χ2n) is 3.95. The number of rotatable bonds is 4. The van der Waals surface area contributed by atoms with Gasteiger partial charge in [0, 0.05) is 12.1 Å². The van der Waals surface area contributed by atoms with Crippen LogP contribution < -0.4 is 0 Å². The molecule has 0 aliphatic carbocycles. The third-order valence-electron chi connectivity index (χ3n) is 2.62. The minimum absolute atomic E-state index is 0.00222. The maximum absolute atomic E-state index is 13.5. The fraction of sp³-hybridized carbons (Fsp3) is 0.0769. The molecule has 2 aromatic rings. The van der Waals surface area contributed by atoms with E-state index in [4.69, 9.17) is 11.6 Å². The standard InChI is InChI=1S/C13H9ClFNO3S/c14-11-7-10(16(17)18)6-5-9(11)8-20(19)13-4-2-1-3-12(13)15/h1-7H,8H2. The van der Waals surface area contributed by atoms with Crippen molar-refractivity contribution in [3.63, 3.8) is 0 Å². The number of hydrogen-bond acceptors (Lipinski definition) is 3. The van der Waals surface area contributed by atoms with Gasteiger partial charge in [0.15, 0.2) is 0 Å². The molecule has 0 aliphatic heterocycles. The SMILES string of the molecule is O=[N+]([O-])c1ccc(CS(=O)c2ccccc2F)c(Cl)c1. The molecule has 2 aromatic carbocycles. The van der Waals surface area contributed by atoms with Gasteiger partial charge in [0.1, 0.15) is 5.82 Å². The van der Waals surface area contributed by atoms with Gasteiger partial charge in [0.05, 0.1) is 31.4 Å². The molecule has 0 fully saturated rings. The lowest BCUT2D eigenvalue weighted by Gasteiger charge is -2.05. The van der Waals surface area contributed by atoms with Crippen LogP contribution in [0.15, 0.2) is 47.4 Å². The molecule has 0 spiro atoms. The number of non-ortho nitro benzene ring substituents is 1. The van der Waals surface area contributed by atoms with E-state index in [9.17, 15) is 18.7 Å². The summed E-state index contributed by atoms with van der Waals surface area (Å²) in [7, 11) is -1.60. The molecule has 1 atom stereocenters. The molecule has 0 saturated carbocycles. The Labute approximate surface area is 121 Å². The van der Waals surface area contributed by atoms with Gasteiger partial charge in [0.25, 0.3) is 5.69 Å². The zero-order chi connectivity index (χ0) is 14.7. The summed E-state index contributed by atoms with van der Waals surface area (Å²) in [5, 5.41) is 10.7. The van der Waals surface area contributed by atoms with E-state index in [2.05, 4.69) is 0 Å². The van der Waals surface area contributed by atoms with E-state index >= 15 is 0 Å². The molecule has 0 aliphatic rings. The fourth-order valence-corrected chi connectivity index (χ4v) is 3.14. The first-order chi connectivity index (χ1) is 9.49. The van der Waals surface area contributed by atoms with E-state index < -0.39 is 21.5 Å². The van der Waals surface area contributed by atoms with Crippen LogP contribution in [0.2, 0.25) is 5.02 Å². The van der Waals surface area contributed by atoms with Crippen LogP contribution in [0.5, 0.6) is 0 Å². The predicted octanol–water partition coefficient (Wildman–Crippen LogP) is 3.70. The van der Waals surface area contributed by atoms with Gasteiger partial charge in [0.2, 0.25) is 0 Å². The van der Waals surface area contributed by atoms with Crippen LogP contribution in [0, 0.1) is 15.9 Å². The molecule has 0 radical (unpaired) electrons. The molecule has 0 bridgehead atoms. The Bertz CT molecular complexity index is 693. The van der Waals surface area contributed by atoms with Crippen LogP contribution in [0.1, 0.15) is 5.56 Å². The second-order valence-corrected chi connectivity index (χ2v) is 5.78. The smallest absolute Gasteiger partial charge is 0.258 e. The molecular weight excluding hydrogens is 305 g/mol. The number of nitro benzene ring substituents is 1. The summed E-state index contributed by atoms with van der Waals surface area (Å²) < 4.78 is 25.6. The topological polar surface area (TPSA) is 60.2 Å². The third kappa shape index (κ3) is 3.20. The second kappa shape index (κ2) is 6.11. The molecule has 0 saturated heterocycles. The van der Waals surface area contributed by atoms with Crippen LogP contribution in [-0.2, 0) is 16.6 Å². The van der Waals surface area contributed by atoms with Crippen molar-refractivity contribution in [2.24, 2.45) is 0 Å². The number of nitrogens with zero attached hydrogens (tertiary/aromatic N) is 1. The highest BCUT2D eigenvalue weighted by molar-refractivity contribution is 7.84. The highest BCUT2D eigenvalue weighted by atomic mass is 35.5. The van der Waals surface area contributed by atoms with Crippen molar-refractivity contribution < 1.29 is 13.5 Å². The lowest BCUT2D eigenvalue weighted by Crippen LogP contribution is -2.00. The van der Waals surface area contributed by atoms with E-state index in [1.165, 1.54) is 36.4 Å². The Morgan fingerprint density at radius 1 is 1.25 bits per heavy atom. The molecule has 0 N–H and O–H groups in total. The van der Waals surface area contributed by atoms with Gasteiger partial charge in [-0.2, -0.15) is 0 Å². The maximum atomic E-state index is 13.5. The van der Waals surface area contributed by atoms with Gasteiger partial charge < -0.3 is 0 Å². The van der Waals surface area contributed by atoms with Crippen molar-refractivity contribution in [3.8, 4) is 0 Å². The van der Waals surface area contributed by atoms with E-state index in [1.54, 1.807) is 6.07 Å². The number of hydrogen-bond donors (Lipinski definition) is 0. The molecular formula is C13H9ClFNO3S. The first-order valence-corrected chi connectivity index (χ1v) is 7.24. The summed E-state index contributed by atoms with van der Waals surface area (Å²) in [5.41, 5.74) is 0.328. The van der Waals surface area contributed by atoms with Gasteiger partial charge in [-0.25, -0.2) is 4.39 Å². The summed E-state index contributed by atoms with van der Waals surface area (Å²) in [6.45, 7) is 0. The number of halogens is 2. The van der Waals surface area contributed by atoms with E-state index in [-0.39, 0.29) is 21.4 Å². The van der Waals surface area contributed by atoms with Crippen LogP contribution in [0.4, 0.5) is 10.1 Å². The van der Waals surface area contributed by atoms with Gasteiger partial charge in [-0.05, 0) is 23.8 Å². The predicted molar refractivity (Wildman–Crippen MR) is 74.6 cm³/mol. The van der Waals surface area contributed by atoms with Crippen LogP contribution in [-0.4, -0.2) is 9.13 Å². The largest absolute Gasteiger partial charge is 0.270 e. The minimum atomic E-state index is -1.60. The van der Waals surface area contributed by atoms with Crippen LogP contribution in [0.3, 0.4) is 0 Å². The highest BCUT2D eigenvalue weighted by Gasteiger charge is 2.14. The summed E-state index contributed by atoms with van der Waals surface area (Å²) >= 11 is 5.91. The minimum Gasteiger partial charge on any atom is -0.258 e. The Balaban J connectivity index is 2.25. The normalized spacial score (nSPS) is 12.1. The summed E-state index contributed by atoms with van der Waals surface area (Å²) in [6, 6.07) is 9.66. The first-order valence-electron chi connectivity index (χ1n) is 5.55. The third-order valence-corrected chi connectivity index (χ3v) is 4.36. The molecule has 0 aromatic heterocycles. The van der Waals surface area contributed by atoms with E-state index in [0.717, 1.165) is 0 Å². The van der Waals surface area contributed by atoms with Gasteiger partial charge >= 0.3 is 0 Å². The molecule has 1 unspecified atom stereocenters. The van der Waals surface area contributed by atoms with Crippen molar-refractivity contribution in [2.45, 2.75) is 10.6 Å². The number of nitro groups is 1. The molecule has 2 rings (SSSR count). The summed E-state index contributed by atoms with van der Waals surface area (Å²) in [4.78, 5) is 10.1. The average Bonchev–Trinajstić information content (AvgIpc) is 2.41. The van der Waals surface area contributed by atoms with Crippen LogP contribution >= 0.6 is 11.6 Å². The summed E-state index contributed by atoms with van der Waals surface area (Å²) in [6.07, 6.45) is 0. The average molecular weight is 314 g/mol. The van der Waals surface area contributed by atoms with E-state index in [0.29, 0.717) is 5.56 Å². The van der Waals surface area contributed by atoms with Crippen molar-refractivity contribution in [3.05, 3.63) is 69.0 Å². The number of benzene rings is 2. The first kappa shape index (κ1) is 14.6. The Morgan fingerprint density at radius 3 is 2.55 bits per heavy atom. The zero-order valence-electron chi connectivity index (χ0n) is 10.1. The Morgan fingerprint density at radius 2 is 1.95 bits per heavy atom. The lowest BCUT2D eigenvalue weighted by molar-refractivity contribution is -0.384. The summed E-state index contributed by atoms with van der Waals surface area (Å²) in [5.74, 6) is -0.554. The highest BCUT2D eigenvalue weighted by Crippen LogP contribution is 2.25. The zero-order valence-corrected chi connectivity index (χ0v) is 11.7. The molecule has 0 heterocycles. The molecule has 20 heavy (non-hydrogen) atoms. The lowest BCUT2D eigenvalue weighted by atomic mass is 10.2. The van der Waals surface area contributed by atoms with Crippen molar-refractivity contribution >= 4 is 28.1 Å². The molecule has 0 amide bonds. The fourth-order valence-electron chi connectivity index (χ4n) is 1.62. The van der Waals surface area contributed by atoms with Crippen LogP contribution in [0.25, 0.3) is 0 Å². The molecule has 7 heteroatoms. The van der Waals surface area contributed by atoms with Crippen molar-refractivity contribution in [1.82, 2.24) is 0 Å².